The van der Waals surface area contributed by atoms with Crippen LogP contribution >= 0.6 is 11.6 Å². The van der Waals surface area contributed by atoms with Crippen molar-refractivity contribution in [3.63, 3.8) is 0 Å². The first-order chi connectivity index (χ1) is 12.4. The minimum atomic E-state index is -0.706. The molecule has 1 aliphatic rings. The molecule has 2 aromatic rings. The lowest BCUT2D eigenvalue weighted by Gasteiger charge is -2.31. The molecule has 0 bridgehead atoms. The van der Waals surface area contributed by atoms with Crippen molar-refractivity contribution in [2.24, 2.45) is 0 Å². The molecule has 0 fully saturated rings. The fraction of sp³-hybridized carbons (Fsp3) is 0.143. The molecule has 26 heavy (non-hydrogen) atoms. The van der Waals surface area contributed by atoms with Crippen LogP contribution in [0.4, 0.5) is 8.78 Å². The maximum atomic E-state index is 14.8. The zero-order valence-electron chi connectivity index (χ0n) is 14.5. The van der Waals surface area contributed by atoms with Gasteiger partial charge in [-0.15, -0.1) is 0 Å². The van der Waals surface area contributed by atoms with Crippen LogP contribution in [0.3, 0.4) is 0 Å². The topological polar surface area (TPSA) is 12.5 Å². The molecule has 0 atom stereocenters. The number of rotatable bonds is 4. The first-order valence-corrected chi connectivity index (χ1v) is 8.54. The Bertz CT molecular complexity index is 896. The number of benzene rings is 2. The molecule has 134 valence electrons. The molecule has 3 rings (SSSR count). The molecule has 0 saturated carbocycles. The summed E-state index contributed by atoms with van der Waals surface area (Å²) >= 11 is 6.28. The lowest BCUT2D eigenvalue weighted by molar-refractivity contribution is 0.335. The molecule has 0 amide bonds. The Morgan fingerprint density at radius 3 is 2.31 bits per heavy atom. The third-order valence-electron chi connectivity index (χ3n) is 4.19. The second-order valence-corrected chi connectivity index (χ2v) is 6.23. The van der Waals surface area contributed by atoms with E-state index < -0.39 is 11.6 Å². The number of nitrogens with zero attached hydrogens (tertiary/aromatic N) is 1. The zero-order chi connectivity index (χ0) is 18.8. The zero-order valence-corrected chi connectivity index (χ0v) is 15.3. The van der Waals surface area contributed by atoms with Crippen molar-refractivity contribution in [1.29, 1.82) is 0 Å². The Morgan fingerprint density at radius 2 is 1.73 bits per heavy atom. The Balaban J connectivity index is 2.29. The first-order valence-electron chi connectivity index (χ1n) is 8.16. The number of hydrogen-bond acceptors (Lipinski definition) is 2. The predicted octanol–water partition coefficient (Wildman–Crippen LogP) is 5.81. The minimum absolute atomic E-state index is 0.142. The Hall–Kier alpha value is -2.59. The molecule has 0 aromatic heterocycles. The van der Waals surface area contributed by atoms with E-state index in [0.717, 1.165) is 5.56 Å². The van der Waals surface area contributed by atoms with E-state index in [4.69, 9.17) is 16.3 Å². The van der Waals surface area contributed by atoms with Gasteiger partial charge in [-0.3, -0.25) is 0 Å². The number of ether oxygens (including phenoxy) is 1. The third kappa shape index (κ3) is 3.25. The van der Waals surface area contributed by atoms with Crippen molar-refractivity contribution in [1.82, 2.24) is 4.90 Å². The third-order valence-corrected chi connectivity index (χ3v) is 4.52. The minimum Gasteiger partial charge on any atom is -0.494 e. The van der Waals surface area contributed by atoms with E-state index in [9.17, 15) is 8.78 Å². The Kier molecular flexibility index (Phi) is 5.14. The van der Waals surface area contributed by atoms with E-state index in [1.165, 1.54) is 12.1 Å². The molecular formula is C21H18ClF2NO. The molecule has 0 saturated heterocycles. The van der Waals surface area contributed by atoms with Crippen LogP contribution in [0.25, 0.3) is 11.3 Å². The van der Waals surface area contributed by atoms with Gasteiger partial charge in [-0.2, -0.15) is 0 Å². The summed E-state index contributed by atoms with van der Waals surface area (Å²) in [6.45, 7) is 5.99. The van der Waals surface area contributed by atoms with Crippen LogP contribution in [0.5, 0.6) is 5.75 Å². The van der Waals surface area contributed by atoms with Gasteiger partial charge in [-0.1, -0.05) is 48.5 Å². The molecule has 0 aliphatic carbocycles. The van der Waals surface area contributed by atoms with Gasteiger partial charge in [0, 0.05) is 24.8 Å². The highest BCUT2D eigenvalue weighted by atomic mass is 35.5. The fourth-order valence-corrected chi connectivity index (χ4v) is 3.16. The van der Waals surface area contributed by atoms with Crippen LogP contribution in [0.2, 0.25) is 0 Å². The van der Waals surface area contributed by atoms with Gasteiger partial charge in [-0.05, 0) is 18.6 Å². The molecule has 0 N–H and O–H groups in total. The second-order valence-electron chi connectivity index (χ2n) is 5.82. The van der Waals surface area contributed by atoms with Crippen molar-refractivity contribution < 1.29 is 13.5 Å². The number of allylic oxidation sites excluding steroid dienone is 3. The Morgan fingerprint density at radius 1 is 1.12 bits per heavy atom. The van der Waals surface area contributed by atoms with E-state index in [-0.39, 0.29) is 11.3 Å². The van der Waals surface area contributed by atoms with E-state index >= 15 is 0 Å². The predicted molar refractivity (Wildman–Crippen MR) is 102 cm³/mol. The van der Waals surface area contributed by atoms with E-state index in [0.29, 0.717) is 28.6 Å². The molecule has 5 heteroatoms. The van der Waals surface area contributed by atoms with Crippen molar-refractivity contribution >= 4 is 22.9 Å². The summed E-state index contributed by atoms with van der Waals surface area (Å²) in [6.07, 6.45) is 1.68. The van der Waals surface area contributed by atoms with Crippen LogP contribution in [0, 0.1) is 11.6 Å². The lowest BCUT2D eigenvalue weighted by Crippen LogP contribution is -2.22. The van der Waals surface area contributed by atoms with Gasteiger partial charge in [0.2, 0.25) is 0 Å². The summed E-state index contributed by atoms with van der Waals surface area (Å²) in [7, 11) is 1.69. The van der Waals surface area contributed by atoms with Gasteiger partial charge in [0.15, 0.2) is 0 Å². The van der Waals surface area contributed by atoms with Crippen LogP contribution in [-0.2, 0) is 0 Å². The summed E-state index contributed by atoms with van der Waals surface area (Å²) in [5, 5.41) is 0.418. The summed E-state index contributed by atoms with van der Waals surface area (Å²) < 4.78 is 34.9. The van der Waals surface area contributed by atoms with Crippen LogP contribution in [0.15, 0.2) is 65.8 Å². The first kappa shape index (κ1) is 18.2. The highest BCUT2D eigenvalue weighted by Gasteiger charge is 2.28. The van der Waals surface area contributed by atoms with Gasteiger partial charge in [0.1, 0.15) is 17.4 Å². The number of hydrogen-bond donors (Lipinski definition) is 0. The second kappa shape index (κ2) is 7.34. The molecular weight excluding hydrogens is 356 g/mol. The van der Waals surface area contributed by atoms with Gasteiger partial charge in [-0.25, -0.2) is 8.78 Å². The van der Waals surface area contributed by atoms with Crippen molar-refractivity contribution in [2.45, 2.75) is 6.92 Å². The highest BCUT2D eigenvalue weighted by Crippen LogP contribution is 2.41. The van der Waals surface area contributed by atoms with Crippen LogP contribution in [0.1, 0.15) is 18.1 Å². The molecule has 0 radical (unpaired) electrons. The normalized spacial score (nSPS) is 14.6. The van der Waals surface area contributed by atoms with Crippen molar-refractivity contribution in [2.75, 3.05) is 13.7 Å². The standard InChI is InChI=1S/C21H18ClF2NO/c1-4-26-15-10-18(23)20(19(24)11-15)21-16(14-8-6-5-7-9-14)12-17(22)13(2)25(21)3/h5-12H,2,4H2,1,3H3. The highest BCUT2D eigenvalue weighted by molar-refractivity contribution is 6.33. The van der Waals surface area contributed by atoms with Gasteiger partial charge in [0.25, 0.3) is 0 Å². The average molecular weight is 374 g/mol. The Labute approximate surface area is 156 Å². The molecule has 1 aliphatic heterocycles. The fourth-order valence-electron chi connectivity index (χ4n) is 2.92. The van der Waals surface area contributed by atoms with Crippen LogP contribution in [-0.4, -0.2) is 18.6 Å². The van der Waals surface area contributed by atoms with E-state index in [1.807, 2.05) is 30.3 Å². The quantitative estimate of drug-likeness (QED) is 0.670. The lowest BCUT2D eigenvalue weighted by atomic mass is 9.94. The van der Waals surface area contributed by atoms with Crippen molar-refractivity contribution in [3.8, 4) is 5.75 Å². The summed E-state index contributed by atoms with van der Waals surface area (Å²) in [5.41, 5.74) is 2.11. The number of likely N-dealkylation sites (N-methyl/N-ethyl adjacent to an activating group) is 1. The largest absolute Gasteiger partial charge is 0.494 e. The maximum Gasteiger partial charge on any atom is 0.139 e. The SMILES string of the molecule is C=C1C(Cl)=CC(c2ccccc2)=C(c2c(F)cc(OCC)cc2F)N1C. The van der Waals surface area contributed by atoms with Gasteiger partial charge >= 0.3 is 0 Å². The summed E-state index contributed by atoms with van der Waals surface area (Å²) in [5.74, 6) is -1.26. The van der Waals surface area contributed by atoms with Gasteiger partial charge < -0.3 is 9.64 Å². The molecule has 0 unspecified atom stereocenters. The summed E-state index contributed by atoms with van der Waals surface area (Å²) in [6, 6.07) is 11.7. The molecule has 2 aromatic carbocycles. The number of halogens is 3. The maximum absolute atomic E-state index is 14.8. The molecule has 0 spiro atoms. The monoisotopic (exact) mass is 373 g/mol. The summed E-state index contributed by atoms with van der Waals surface area (Å²) in [4.78, 5) is 1.60. The van der Waals surface area contributed by atoms with Crippen LogP contribution < -0.4 is 4.74 Å². The molecule has 1 heterocycles. The van der Waals surface area contributed by atoms with Gasteiger partial charge in [0.05, 0.1) is 28.6 Å². The molecule has 2 nitrogen and oxygen atoms in total. The average Bonchev–Trinajstić information content (AvgIpc) is 2.62. The van der Waals surface area contributed by atoms with Crippen molar-refractivity contribution in [3.05, 3.63) is 88.6 Å². The van der Waals surface area contributed by atoms with E-state index in [2.05, 4.69) is 6.58 Å². The smallest absolute Gasteiger partial charge is 0.139 e. The van der Waals surface area contributed by atoms with E-state index in [1.54, 1.807) is 24.9 Å².